The van der Waals surface area contributed by atoms with E-state index in [0.717, 1.165) is 5.56 Å². The first-order valence-corrected chi connectivity index (χ1v) is 16.0. The van der Waals surface area contributed by atoms with E-state index in [-0.39, 0.29) is 27.9 Å². The fourth-order valence-corrected chi connectivity index (χ4v) is 6.72. The molecular weight excluding hydrogens is 564 g/mol. The molecule has 43 heavy (non-hydrogen) atoms. The molecule has 0 fully saturated rings. The van der Waals surface area contributed by atoms with E-state index in [1.54, 1.807) is 36.8 Å². The van der Waals surface area contributed by atoms with E-state index in [9.17, 15) is 18.0 Å². The first kappa shape index (κ1) is 30.2. The van der Waals surface area contributed by atoms with Gasteiger partial charge in [-0.25, -0.2) is 13.4 Å². The summed E-state index contributed by atoms with van der Waals surface area (Å²) >= 11 is 0. The number of carbonyl (C=O) groups is 2. The van der Waals surface area contributed by atoms with Crippen LogP contribution >= 0.6 is 0 Å². The van der Waals surface area contributed by atoms with E-state index in [2.05, 4.69) is 10.3 Å². The van der Waals surface area contributed by atoms with E-state index in [1.807, 2.05) is 60.1 Å². The number of ketones is 1. The van der Waals surface area contributed by atoms with Gasteiger partial charge in [-0.05, 0) is 68.4 Å². The topological polar surface area (TPSA) is 111 Å². The second-order valence-electron chi connectivity index (χ2n) is 11.0. The van der Waals surface area contributed by atoms with Crippen molar-refractivity contribution in [2.24, 2.45) is 0 Å². The smallest absolute Gasteiger partial charge is 0.251 e. The Kier molecular flexibility index (Phi) is 9.37. The van der Waals surface area contributed by atoms with Crippen molar-refractivity contribution in [3.8, 4) is 5.75 Å². The molecule has 1 atom stereocenters. The highest BCUT2D eigenvalue weighted by Crippen LogP contribution is 2.36. The van der Waals surface area contributed by atoms with Gasteiger partial charge in [0.25, 0.3) is 5.91 Å². The van der Waals surface area contributed by atoms with Crippen LogP contribution in [-0.2, 0) is 28.6 Å². The number of benzene rings is 3. The number of Topliss-reactive ketones (excluding diaryl/α,β-unsaturated/α-hetero) is 1. The summed E-state index contributed by atoms with van der Waals surface area (Å²) in [6.45, 7) is 1.56. The lowest BCUT2D eigenvalue weighted by atomic mass is 9.87. The summed E-state index contributed by atoms with van der Waals surface area (Å²) in [7, 11) is -0.102. The van der Waals surface area contributed by atoms with Crippen LogP contribution < -0.4 is 10.1 Å². The molecule has 0 aliphatic heterocycles. The Morgan fingerprint density at radius 2 is 1.88 bits per heavy atom. The van der Waals surface area contributed by atoms with Gasteiger partial charge in [0.1, 0.15) is 11.9 Å². The number of carbonyl (C=O) groups excluding carboxylic acids is 2. The second kappa shape index (κ2) is 13.4. The normalized spacial score (nSPS) is 13.9. The molecule has 9 nitrogen and oxygen atoms in total. The van der Waals surface area contributed by atoms with Gasteiger partial charge in [-0.2, -0.15) is 0 Å². The minimum Gasteiger partial charge on any atom is -0.484 e. The summed E-state index contributed by atoms with van der Waals surface area (Å²) in [4.78, 5) is 31.7. The third-order valence-corrected chi connectivity index (χ3v) is 9.17. The summed E-state index contributed by atoms with van der Waals surface area (Å²) in [5, 5.41) is 2.83. The van der Waals surface area contributed by atoms with Gasteiger partial charge < -0.3 is 19.5 Å². The maximum absolute atomic E-state index is 13.9. The molecular formula is C33H36N4O5S. The molecule has 0 bridgehead atoms. The Morgan fingerprint density at radius 1 is 1.07 bits per heavy atom. The zero-order chi connectivity index (χ0) is 30.4. The summed E-state index contributed by atoms with van der Waals surface area (Å²) in [6.07, 6.45) is 6.46. The van der Waals surface area contributed by atoms with E-state index in [4.69, 9.17) is 4.74 Å². The zero-order valence-electron chi connectivity index (χ0n) is 24.4. The van der Waals surface area contributed by atoms with Crippen LogP contribution in [0.25, 0.3) is 0 Å². The molecule has 4 aromatic rings. The lowest BCUT2D eigenvalue weighted by molar-refractivity contribution is 0.0948. The van der Waals surface area contributed by atoms with Crippen molar-refractivity contribution in [2.45, 2.75) is 42.6 Å². The summed E-state index contributed by atoms with van der Waals surface area (Å²) in [5.41, 5.74) is 2.93. The quantitative estimate of drug-likeness (QED) is 0.255. The second-order valence-corrected chi connectivity index (χ2v) is 13.0. The maximum atomic E-state index is 13.9. The number of nitrogens with one attached hydrogen (secondary N) is 1. The largest absolute Gasteiger partial charge is 0.484 e. The molecule has 1 N–H and O–H groups in total. The molecule has 1 aliphatic carbocycles. The third-order valence-electron chi connectivity index (χ3n) is 7.53. The lowest BCUT2D eigenvalue weighted by Crippen LogP contribution is -2.31. The van der Waals surface area contributed by atoms with E-state index in [1.165, 1.54) is 12.1 Å². The number of ether oxygens (including phenoxy) is 1. The number of hydrogen-bond donors (Lipinski definition) is 1. The Hall–Kier alpha value is -4.28. The molecule has 5 rings (SSSR count). The van der Waals surface area contributed by atoms with E-state index >= 15 is 0 Å². The first-order valence-electron chi connectivity index (χ1n) is 14.3. The molecule has 224 valence electrons. The molecule has 1 heterocycles. The predicted molar refractivity (Wildman–Crippen MR) is 164 cm³/mol. The zero-order valence-corrected chi connectivity index (χ0v) is 25.2. The van der Waals surface area contributed by atoms with Crippen LogP contribution in [0.2, 0.25) is 0 Å². The van der Waals surface area contributed by atoms with Gasteiger partial charge in [-0.3, -0.25) is 9.59 Å². The van der Waals surface area contributed by atoms with Crippen molar-refractivity contribution in [1.29, 1.82) is 0 Å². The maximum Gasteiger partial charge on any atom is 0.251 e. The molecule has 0 radical (unpaired) electrons. The molecule has 0 saturated carbocycles. The average molecular weight is 601 g/mol. The molecule has 0 saturated heterocycles. The molecule has 1 amide bonds. The van der Waals surface area contributed by atoms with Gasteiger partial charge in [0.2, 0.25) is 0 Å². The molecule has 1 aliphatic rings. The van der Waals surface area contributed by atoms with Gasteiger partial charge in [0.15, 0.2) is 15.6 Å². The Balaban J connectivity index is 1.49. The van der Waals surface area contributed by atoms with Crippen molar-refractivity contribution in [1.82, 2.24) is 19.8 Å². The SMILES string of the molecule is CN(C)CCNC(=O)c1cccc(S(=O)(=O)Cc2c(OC(Cn3ccnc3)c3ccccc3)ccc3c2CCCC3=O)c1. The Morgan fingerprint density at radius 3 is 2.63 bits per heavy atom. The van der Waals surface area contributed by atoms with Crippen LogP contribution in [0.5, 0.6) is 5.75 Å². The monoisotopic (exact) mass is 600 g/mol. The predicted octanol–water partition coefficient (Wildman–Crippen LogP) is 4.49. The van der Waals surface area contributed by atoms with Crippen LogP contribution in [0.15, 0.2) is 90.3 Å². The summed E-state index contributed by atoms with van der Waals surface area (Å²) in [6, 6.07) is 19.3. The number of nitrogens with zero attached hydrogens (tertiary/aromatic N) is 3. The van der Waals surface area contributed by atoms with Crippen LogP contribution in [0, 0.1) is 0 Å². The number of amides is 1. The third kappa shape index (κ3) is 7.39. The number of likely N-dealkylation sites (N-methyl/N-ethyl adjacent to an activating group) is 1. The number of fused-ring (bicyclic) bond motifs is 1. The summed E-state index contributed by atoms with van der Waals surface area (Å²) < 4.78 is 36.4. The molecule has 1 unspecified atom stereocenters. The summed E-state index contributed by atoms with van der Waals surface area (Å²) in [5.74, 6) is -0.280. The first-order chi connectivity index (χ1) is 20.7. The lowest BCUT2D eigenvalue weighted by Gasteiger charge is -2.26. The standard InChI is InChI=1S/C33H36N4O5S/c1-36(2)18-17-35-33(39)25-10-6-11-26(20-25)43(40,41)22-29-27-12-7-13-30(38)28(27)14-15-31(29)42-32(21-37-19-16-34-23-37)24-8-4-3-5-9-24/h3-6,8-11,14-16,19-20,23,32H,7,12-13,17-18,21-22H2,1-2H3,(H,35,39). The van der Waals surface area contributed by atoms with Crippen LogP contribution in [0.4, 0.5) is 0 Å². The molecule has 3 aromatic carbocycles. The van der Waals surface area contributed by atoms with Crippen molar-refractivity contribution in [2.75, 3.05) is 27.2 Å². The van der Waals surface area contributed by atoms with Crippen LogP contribution in [0.1, 0.15) is 56.4 Å². The van der Waals surface area contributed by atoms with Crippen LogP contribution in [0.3, 0.4) is 0 Å². The number of aromatic nitrogens is 2. The van der Waals surface area contributed by atoms with Crippen molar-refractivity contribution in [3.05, 3.63) is 113 Å². The average Bonchev–Trinajstić information content (AvgIpc) is 3.51. The highest BCUT2D eigenvalue weighted by atomic mass is 32.2. The number of hydrogen-bond acceptors (Lipinski definition) is 7. The minimum absolute atomic E-state index is 0.000801. The van der Waals surface area contributed by atoms with Gasteiger partial charge in [-0.15, -0.1) is 0 Å². The van der Waals surface area contributed by atoms with Crippen molar-refractivity contribution >= 4 is 21.5 Å². The number of imidazole rings is 1. The van der Waals surface area contributed by atoms with Crippen molar-refractivity contribution in [3.63, 3.8) is 0 Å². The van der Waals surface area contributed by atoms with Gasteiger partial charge in [0.05, 0.1) is 23.5 Å². The van der Waals surface area contributed by atoms with E-state index in [0.29, 0.717) is 61.3 Å². The highest BCUT2D eigenvalue weighted by molar-refractivity contribution is 7.90. The Bertz CT molecular complexity index is 1690. The van der Waals surface area contributed by atoms with Gasteiger partial charge in [-0.1, -0.05) is 36.4 Å². The fraction of sp³-hybridized carbons (Fsp3) is 0.303. The van der Waals surface area contributed by atoms with Crippen molar-refractivity contribution < 1.29 is 22.7 Å². The number of sulfone groups is 1. The molecule has 10 heteroatoms. The van der Waals surface area contributed by atoms with E-state index < -0.39 is 15.9 Å². The minimum atomic E-state index is -3.92. The number of rotatable bonds is 12. The Labute approximate surface area is 252 Å². The highest BCUT2D eigenvalue weighted by Gasteiger charge is 2.28. The van der Waals surface area contributed by atoms with Crippen LogP contribution in [-0.4, -0.2) is 61.7 Å². The van der Waals surface area contributed by atoms with Gasteiger partial charge in [0, 0.05) is 48.6 Å². The fourth-order valence-electron chi connectivity index (χ4n) is 5.26. The molecule has 0 spiro atoms. The van der Waals surface area contributed by atoms with Gasteiger partial charge >= 0.3 is 0 Å². The molecule has 1 aromatic heterocycles.